The molecule has 0 radical (unpaired) electrons. The fourth-order valence-electron chi connectivity index (χ4n) is 4.22. The Balaban J connectivity index is 1.71. The number of carbonyl (C=O) groups excluding carboxylic acids is 1. The molecule has 7 heteroatoms. The van der Waals surface area contributed by atoms with Crippen LogP contribution in [-0.4, -0.2) is 58.8 Å². The lowest BCUT2D eigenvalue weighted by Crippen LogP contribution is -2.51. The van der Waals surface area contributed by atoms with Gasteiger partial charge < -0.3 is 20.3 Å². The lowest BCUT2D eigenvalue weighted by atomic mass is 9.93. The summed E-state index contributed by atoms with van der Waals surface area (Å²) in [7, 11) is 0. The van der Waals surface area contributed by atoms with E-state index in [9.17, 15) is 4.79 Å². The average Bonchev–Trinajstić information content (AvgIpc) is 3.18. The molecule has 1 saturated heterocycles. The van der Waals surface area contributed by atoms with Crippen molar-refractivity contribution in [3.8, 4) is 0 Å². The van der Waals surface area contributed by atoms with E-state index < -0.39 is 11.6 Å². The monoisotopic (exact) mass is 463 g/mol. The lowest BCUT2D eigenvalue weighted by molar-refractivity contribution is 0.181. The largest absolute Gasteiger partial charge is 0.426 e. The van der Waals surface area contributed by atoms with Gasteiger partial charge in [-0.2, -0.15) is 0 Å². The second-order valence-corrected chi connectivity index (χ2v) is 9.23. The van der Waals surface area contributed by atoms with Crippen LogP contribution in [0.5, 0.6) is 0 Å². The van der Waals surface area contributed by atoms with E-state index in [0.717, 1.165) is 30.5 Å². The number of carbonyl (C=O) groups is 1. The molecule has 182 valence electrons. The van der Waals surface area contributed by atoms with Gasteiger partial charge in [0, 0.05) is 19.6 Å². The van der Waals surface area contributed by atoms with Gasteiger partial charge in [0.2, 0.25) is 11.8 Å². The van der Waals surface area contributed by atoms with Gasteiger partial charge >= 0.3 is 6.03 Å². The number of nitrogens with two attached hydrogens (primary N) is 1. The highest BCUT2D eigenvalue weighted by molar-refractivity contribution is 5.97. The molecule has 0 aromatic heterocycles. The minimum Gasteiger partial charge on any atom is -0.426 e. The number of nitrogens with zero attached hydrogens (tertiary/aromatic N) is 2. The van der Waals surface area contributed by atoms with E-state index in [1.54, 1.807) is 11.8 Å². The zero-order valence-corrected chi connectivity index (χ0v) is 20.3. The minimum absolute atomic E-state index is 0.0637. The fraction of sp³-hybridized carbons (Fsp3) is 0.444. The van der Waals surface area contributed by atoms with Crippen LogP contribution in [0.1, 0.15) is 44.2 Å². The van der Waals surface area contributed by atoms with Crippen LogP contribution in [0.3, 0.4) is 0 Å². The average molecular weight is 464 g/mol. The third kappa shape index (κ3) is 6.67. The first-order chi connectivity index (χ1) is 16.3. The molecule has 1 heterocycles. The Morgan fingerprint density at radius 3 is 2.29 bits per heavy atom. The molecule has 0 bridgehead atoms. The minimum atomic E-state index is -1.07. The molecule has 0 aliphatic carbocycles. The quantitative estimate of drug-likeness (QED) is 0.338. The van der Waals surface area contributed by atoms with E-state index in [-0.39, 0.29) is 17.8 Å². The summed E-state index contributed by atoms with van der Waals surface area (Å²) in [5.41, 5.74) is 7.49. The summed E-state index contributed by atoms with van der Waals surface area (Å²) in [5.74, 6) is -0.267. The maximum Gasteiger partial charge on any atom is 0.320 e. The summed E-state index contributed by atoms with van der Waals surface area (Å²) in [5, 5.41) is 17.2. The molecular weight excluding hydrogens is 426 g/mol. The lowest BCUT2D eigenvalue weighted by Gasteiger charge is -2.31. The Morgan fingerprint density at radius 2 is 1.68 bits per heavy atom. The molecule has 1 aliphatic rings. The topological polar surface area (TPSA) is 106 Å². The van der Waals surface area contributed by atoms with Crippen LogP contribution in [0, 0.1) is 10.8 Å². The smallest absolute Gasteiger partial charge is 0.320 e. The Labute approximate surface area is 202 Å². The number of hydrogen-bond acceptors (Lipinski definition) is 5. The van der Waals surface area contributed by atoms with Crippen molar-refractivity contribution < 1.29 is 9.53 Å². The Hall–Kier alpha value is -3.19. The van der Waals surface area contributed by atoms with Crippen LogP contribution in [0.15, 0.2) is 60.7 Å². The number of aryl methyl sites for hydroxylation is 1. The number of unbranched alkanes of at least 4 members (excludes halogenated alkanes) is 1. The molecule has 7 nitrogen and oxygen atoms in total. The molecule has 34 heavy (non-hydrogen) atoms. The van der Waals surface area contributed by atoms with Crippen molar-refractivity contribution in [1.82, 2.24) is 9.80 Å². The number of ether oxygens (including phenoxy) is 1. The van der Waals surface area contributed by atoms with Crippen LogP contribution in [0.4, 0.5) is 4.79 Å². The molecule has 2 amide bonds. The normalized spacial score (nSPS) is 16.3. The third-order valence-electron chi connectivity index (χ3n) is 6.28. The van der Waals surface area contributed by atoms with Gasteiger partial charge in [0.1, 0.15) is 6.04 Å². The highest BCUT2D eigenvalue weighted by atomic mass is 16.5. The van der Waals surface area contributed by atoms with Gasteiger partial charge in [-0.1, -0.05) is 74.0 Å². The molecule has 1 fully saturated rings. The number of amides is 2. The van der Waals surface area contributed by atoms with Crippen molar-refractivity contribution in [1.29, 1.82) is 10.8 Å². The van der Waals surface area contributed by atoms with Crippen molar-refractivity contribution in [2.24, 2.45) is 5.73 Å². The van der Waals surface area contributed by atoms with Crippen LogP contribution in [0.25, 0.3) is 0 Å². The second-order valence-electron chi connectivity index (χ2n) is 9.23. The van der Waals surface area contributed by atoms with Crippen LogP contribution >= 0.6 is 0 Å². The summed E-state index contributed by atoms with van der Waals surface area (Å²) in [4.78, 5) is 16.7. The second kappa shape index (κ2) is 11.8. The van der Waals surface area contributed by atoms with E-state index in [4.69, 9.17) is 21.3 Å². The molecular formula is C27H37N5O2. The van der Waals surface area contributed by atoms with Gasteiger partial charge in [0.25, 0.3) is 0 Å². The number of rotatable bonds is 11. The summed E-state index contributed by atoms with van der Waals surface area (Å²) in [6.07, 6.45) is 3.64. The van der Waals surface area contributed by atoms with Gasteiger partial charge in [0.05, 0.1) is 5.54 Å². The van der Waals surface area contributed by atoms with E-state index in [1.807, 2.05) is 65.6 Å². The Kier molecular flexibility index (Phi) is 8.82. The SMILES string of the molecule is CCCCN1CCN(C(CCc2ccccc2)C(=N)OC(=N)[C@](C)(N)Cc2ccccc2)C1=O. The number of benzene rings is 2. The first-order valence-corrected chi connectivity index (χ1v) is 12.1. The van der Waals surface area contributed by atoms with Gasteiger partial charge in [-0.15, -0.1) is 0 Å². The third-order valence-corrected chi connectivity index (χ3v) is 6.28. The van der Waals surface area contributed by atoms with Crippen molar-refractivity contribution in [2.45, 2.75) is 57.5 Å². The molecule has 1 aliphatic heterocycles. The van der Waals surface area contributed by atoms with Crippen molar-refractivity contribution >= 4 is 17.8 Å². The predicted octanol–water partition coefficient (Wildman–Crippen LogP) is 4.46. The Bertz CT molecular complexity index is 962. The molecule has 0 spiro atoms. The van der Waals surface area contributed by atoms with E-state index in [1.165, 1.54) is 0 Å². The molecule has 1 unspecified atom stereocenters. The highest BCUT2D eigenvalue weighted by Gasteiger charge is 2.38. The van der Waals surface area contributed by atoms with E-state index in [0.29, 0.717) is 32.4 Å². The maximum atomic E-state index is 13.1. The van der Waals surface area contributed by atoms with E-state index >= 15 is 0 Å². The molecule has 4 N–H and O–H groups in total. The summed E-state index contributed by atoms with van der Waals surface area (Å²) in [6.45, 7) is 5.76. The van der Waals surface area contributed by atoms with E-state index in [2.05, 4.69) is 6.92 Å². The number of urea groups is 1. The van der Waals surface area contributed by atoms with Crippen LogP contribution < -0.4 is 5.73 Å². The zero-order chi connectivity index (χ0) is 24.6. The highest BCUT2D eigenvalue weighted by Crippen LogP contribution is 2.21. The molecule has 0 saturated carbocycles. The standard InChI is InChI=1S/C27H37N5O2/c1-3-4-17-31-18-19-32(26(31)33)23(16-15-21-11-7-5-8-12-21)24(28)34-25(29)27(2,30)20-22-13-9-6-10-14-22/h5-14,23,28-29H,3-4,15-20,30H2,1-2H3/t23?,27-/m1/s1. The summed E-state index contributed by atoms with van der Waals surface area (Å²) < 4.78 is 5.74. The molecule has 2 aromatic rings. The van der Waals surface area contributed by atoms with Gasteiger partial charge in [-0.3, -0.25) is 10.8 Å². The van der Waals surface area contributed by atoms with Crippen molar-refractivity contribution in [3.05, 3.63) is 71.8 Å². The molecule has 2 atom stereocenters. The first-order valence-electron chi connectivity index (χ1n) is 12.1. The van der Waals surface area contributed by atoms with Gasteiger partial charge in [0.15, 0.2) is 0 Å². The van der Waals surface area contributed by atoms with Crippen LogP contribution in [-0.2, 0) is 17.6 Å². The van der Waals surface area contributed by atoms with Gasteiger partial charge in [-0.05, 0) is 43.7 Å². The molecule has 3 rings (SSSR count). The van der Waals surface area contributed by atoms with Crippen LogP contribution in [0.2, 0.25) is 0 Å². The zero-order valence-electron chi connectivity index (χ0n) is 20.3. The summed E-state index contributed by atoms with van der Waals surface area (Å²) >= 11 is 0. The summed E-state index contributed by atoms with van der Waals surface area (Å²) in [6, 6.07) is 19.1. The van der Waals surface area contributed by atoms with Crippen molar-refractivity contribution in [3.63, 3.8) is 0 Å². The number of hydrogen-bond donors (Lipinski definition) is 3. The van der Waals surface area contributed by atoms with Gasteiger partial charge in [-0.25, -0.2) is 4.79 Å². The van der Waals surface area contributed by atoms with Crippen molar-refractivity contribution in [2.75, 3.05) is 19.6 Å². The number of nitrogens with one attached hydrogen (secondary N) is 2. The fourth-order valence-corrected chi connectivity index (χ4v) is 4.22. The maximum absolute atomic E-state index is 13.1. The Morgan fingerprint density at radius 1 is 1.06 bits per heavy atom. The predicted molar refractivity (Wildman–Crippen MR) is 136 cm³/mol. The molecule has 2 aromatic carbocycles. The first kappa shape index (κ1) is 25.4.